The lowest BCUT2D eigenvalue weighted by Gasteiger charge is -2.26. The average molecular weight is 449 g/mol. The highest BCUT2D eigenvalue weighted by molar-refractivity contribution is 7.80. The van der Waals surface area contributed by atoms with Gasteiger partial charge in [-0.1, -0.05) is 35.9 Å². The average Bonchev–Trinajstić information content (AvgIpc) is 2.74. The van der Waals surface area contributed by atoms with Crippen LogP contribution in [0.3, 0.4) is 0 Å². The van der Waals surface area contributed by atoms with Crippen LogP contribution in [-0.4, -0.2) is 20.0 Å². The van der Waals surface area contributed by atoms with Gasteiger partial charge in [-0.3, -0.25) is 9.78 Å². The number of nitrogens with one attached hydrogen (secondary N) is 2. The number of hydrogen-bond donors (Lipinski definition) is 2. The Hall–Kier alpha value is -3.22. The molecule has 31 heavy (non-hydrogen) atoms. The SMILES string of the molecule is Cc1ccc2cc(CN(Cc3cccnc3)C(=S)Nc3cccc(Cl)c3)c(=O)[nH]c2c1. The van der Waals surface area contributed by atoms with E-state index in [1.54, 1.807) is 24.5 Å². The minimum Gasteiger partial charge on any atom is -0.340 e. The second kappa shape index (κ2) is 9.29. The number of thiocarbonyl (C=S) groups is 1. The molecule has 4 rings (SSSR count). The summed E-state index contributed by atoms with van der Waals surface area (Å²) >= 11 is 11.8. The molecule has 0 spiro atoms. The fraction of sp³-hybridized carbons (Fsp3) is 0.125. The number of benzene rings is 2. The molecule has 0 saturated heterocycles. The molecule has 0 bridgehead atoms. The molecule has 0 unspecified atom stereocenters. The third-order valence-corrected chi connectivity index (χ3v) is 5.49. The number of aromatic amines is 1. The number of nitrogens with zero attached hydrogens (tertiary/aromatic N) is 2. The van der Waals surface area contributed by atoms with Crippen LogP contribution in [0.25, 0.3) is 10.9 Å². The smallest absolute Gasteiger partial charge is 0.253 e. The monoisotopic (exact) mass is 448 g/mol. The van der Waals surface area contributed by atoms with E-state index in [2.05, 4.69) is 15.3 Å². The van der Waals surface area contributed by atoms with Gasteiger partial charge in [0.05, 0.1) is 6.54 Å². The van der Waals surface area contributed by atoms with Gasteiger partial charge in [0.25, 0.3) is 5.56 Å². The van der Waals surface area contributed by atoms with E-state index < -0.39 is 0 Å². The van der Waals surface area contributed by atoms with E-state index in [0.29, 0.717) is 28.8 Å². The summed E-state index contributed by atoms with van der Waals surface area (Å²) in [6.07, 6.45) is 3.52. The van der Waals surface area contributed by atoms with Gasteiger partial charge in [-0.2, -0.15) is 0 Å². The molecule has 0 atom stereocenters. The molecule has 0 aliphatic rings. The molecule has 7 heteroatoms. The van der Waals surface area contributed by atoms with Crippen LogP contribution in [0.5, 0.6) is 0 Å². The Morgan fingerprint density at radius 1 is 1.13 bits per heavy atom. The maximum Gasteiger partial charge on any atom is 0.253 e. The van der Waals surface area contributed by atoms with Crippen molar-refractivity contribution in [2.75, 3.05) is 5.32 Å². The van der Waals surface area contributed by atoms with Crippen molar-refractivity contribution in [2.45, 2.75) is 20.0 Å². The van der Waals surface area contributed by atoms with Gasteiger partial charge >= 0.3 is 0 Å². The molecule has 2 aromatic carbocycles. The highest BCUT2D eigenvalue weighted by Crippen LogP contribution is 2.18. The van der Waals surface area contributed by atoms with E-state index in [9.17, 15) is 4.79 Å². The maximum absolute atomic E-state index is 12.8. The van der Waals surface area contributed by atoms with Crippen molar-refractivity contribution in [1.29, 1.82) is 0 Å². The van der Waals surface area contributed by atoms with E-state index in [1.807, 2.05) is 60.4 Å². The first-order chi connectivity index (χ1) is 15.0. The van der Waals surface area contributed by atoms with E-state index in [1.165, 1.54) is 0 Å². The zero-order chi connectivity index (χ0) is 21.8. The first kappa shape index (κ1) is 21.0. The van der Waals surface area contributed by atoms with Crippen LogP contribution in [0.4, 0.5) is 5.69 Å². The van der Waals surface area contributed by atoms with Gasteiger partial charge in [0.15, 0.2) is 5.11 Å². The predicted molar refractivity (Wildman–Crippen MR) is 130 cm³/mol. The first-order valence-electron chi connectivity index (χ1n) is 9.81. The number of rotatable bonds is 5. The minimum absolute atomic E-state index is 0.125. The zero-order valence-corrected chi connectivity index (χ0v) is 18.5. The van der Waals surface area contributed by atoms with Crippen molar-refractivity contribution >= 4 is 45.5 Å². The predicted octanol–water partition coefficient (Wildman–Crippen LogP) is 5.28. The summed E-state index contributed by atoms with van der Waals surface area (Å²) in [5.74, 6) is 0. The number of H-pyrrole nitrogens is 1. The van der Waals surface area contributed by atoms with E-state index in [4.69, 9.17) is 23.8 Å². The lowest BCUT2D eigenvalue weighted by molar-refractivity contribution is 0.410. The lowest BCUT2D eigenvalue weighted by Crippen LogP contribution is -2.35. The highest BCUT2D eigenvalue weighted by atomic mass is 35.5. The summed E-state index contributed by atoms with van der Waals surface area (Å²) in [5.41, 5.74) is 4.21. The second-order valence-corrected chi connectivity index (χ2v) is 8.20. The van der Waals surface area contributed by atoms with Gasteiger partial charge in [0.2, 0.25) is 0 Å². The first-order valence-corrected chi connectivity index (χ1v) is 10.6. The van der Waals surface area contributed by atoms with Crippen molar-refractivity contribution in [3.63, 3.8) is 0 Å². The topological polar surface area (TPSA) is 61.0 Å². The molecule has 2 N–H and O–H groups in total. The maximum atomic E-state index is 12.8. The Morgan fingerprint density at radius 2 is 2.00 bits per heavy atom. The minimum atomic E-state index is -0.125. The van der Waals surface area contributed by atoms with Crippen LogP contribution >= 0.6 is 23.8 Å². The van der Waals surface area contributed by atoms with Gasteiger partial charge in [0, 0.05) is 40.7 Å². The molecule has 5 nitrogen and oxygen atoms in total. The Bertz CT molecular complexity index is 1290. The second-order valence-electron chi connectivity index (χ2n) is 7.37. The molecular weight excluding hydrogens is 428 g/mol. The van der Waals surface area contributed by atoms with Crippen LogP contribution in [0.15, 0.2) is 77.9 Å². The third-order valence-electron chi connectivity index (χ3n) is 4.90. The summed E-state index contributed by atoms with van der Waals surface area (Å²) in [7, 11) is 0. The van der Waals surface area contributed by atoms with Gasteiger partial charge in [0.1, 0.15) is 0 Å². The van der Waals surface area contributed by atoms with Crippen molar-refractivity contribution in [2.24, 2.45) is 0 Å². The Labute approximate surface area is 190 Å². The third kappa shape index (κ3) is 5.29. The van der Waals surface area contributed by atoms with Crippen LogP contribution < -0.4 is 10.9 Å². The fourth-order valence-electron chi connectivity index (χ4n) is 3.36. The zero-order valence-electron chi connectivity index (χ0n) is 16.9. The molecule has 0 amide bonds. The summed E-state index contributed by atoms with van der Waals surface area (Å²) in [5, 5.41) is 5.32. The molecule has 0 aliphatic heterocycles. The molecule has 2 aromatic heterocycles. The molecular formula is C24H21ClN4OS. The molecule has 0 radical (unpaired) electrons. The summed E-state index contributed by atoms with van der Waals surface area (Å²) in [6.45, 7) is 2.85. The van der Waals surface area contributed by atoms with E-state index in [-0.39, 0.29) is 5.56 Å². The van der Waals surface area contributed by atoms with Crippen LogP contribution in [-0.2, 0) is 13.1 Å². The van der Waals surface area contributed by atoms with Gasteiger partial charge < -0.3 is 15.2 Å². The molecule has 4 aromatic rings. The number of pyridine rings is 2. The van der Waals surface area contributed by atoms with Crippen molar-refractivity contribution in [1.82, 2.24) is 14.9 Å². The number of fused-ring (bicyclic) bond motifs is 1. The van der Waals surface area contributed by atoms with E-state index in [0.717, 1.165) is 27.7 Å². The molecule has 0 saturated carbocycles. The standard InChI is InChI=1S/C24H21ClN4OS/c1-16-7-8-18-11-19(23(30)28-22(18)10-16)15-29(14-17-4-3-9-26-13-17)24(31)27-21-6-2-5-20(25)12-21/h2-13H,14-15H2,1H3,(H,27,31)(H,28,30). The van der Waals surface area contributed by atoms with Crippen molar-refractivity contribution < 1.29 is 0 Å². The number of aryl methyl sites for hydroxylation is 1. The molecule has 0 fully saturated rings. The van der Waals surface area contributed by atoms with Crippen LogP contribution in [0, 0.1) is 6.92 Å². The Balaban J connectivity index is 1.64. The summed E-state index contributed by atoms with van der Waals surface area (Å²) in [6, 6.07) is 19.2. The van der Waals surface area contributed by atoms with Crippen LogP contribution in [0.1, 0.15) is 16.7 Å². The number of halogens is 1. The summed E-state index contributed by atoms with van der Waals surface area (Å²) in [4.78, 5) is 21.9. The van der Waals surface area contributed by atoms with Crippen molar-refractivity contribution in [3.05, 3.63) is 105 Å². The van der Waals surface area contributed by atoms with Gasteiger partial charge in [-0.15, -0.1) is 0 Å². The number of hydrogen-bond acceptors (Lipinski definition) is 3. The molecule has 2 heterocycles. The highest BCUT2D eigenvalue weighted by Gasteiger charge is 2.15. The quantitative estimate of drug-likeness (QED) is 0.406. The lowest BCUT2D eigenvalue weighted by atomic mass is 10.1. The largest absolute Gasteiger partial charge is 0.340 e. The Kier molecular flexibility index (Phi) is 6.30. The normalized spacial score (nSPS) is 10.8. The van der Waals surface area contributed by atoms with Crippen LogP contribution in [0.2, 0.25) is 5.02 Å². The van der Waals surface area contributed by atoms with E-state index >= 15 is 0 Å². The number of aromatic nitrogens is 2. The summed E-state index contributed by atoms with van der Waals surface area (Å²) < 4.78 is 0. The van der Waals surface area contributed by atoms with Crippen molar-refractivity contribution in [3.8, 4) is 0 Å². The van der Waals surface area contributed by atoms with Gasteiger partial charge in [-0.05, 0) is 72.1 Å². The Morgan fingerprint density at radius 3 is 2.77 bits per heavy atom. The fourth-order valence-corrected chi connectivity index (χ4v) is 3.80. The molecule has 0 aliphatic carbocycles. The van der Waals surface area contributed by atoms with Gasteiger partial charge in [-0.25, -0.2) is 0 Å². The number of anilines is 1. The molecule has 156 valence electrons.